The molecule has 0 spiro atoms. The Morgan fingerprint density at radius 1 is 1.32 bits per heavy atom. The van der Waals surface area contributed by atoms with Gasteiger partial charge in [0.25, 0.3) is 5.91 Å². The molecule has 1 aliphatic heterocycles. The fourth-order valence-electron chi connectivity index (χ4n) is 2.24. The maximum atomic E-state index is 12.1. The number of hydrogen-bond acceptors (Lipinski definition) is 3. The predicted octanol–water partition coefficient (Wildman–Crippen LogP) is 2.35. The lowest BCUT2D eigenvalue weighted by molar-refractivity contribution is -0.131. The summed E-state index contributed by atoms with van der Waals surface area (Å²) in [6, 6.07) is 6.00. The Kier molecular flexibility index (Phi) is 5.18. The fraction of sp³-hybridized carbons (Fsp3) is 0.400. The number of nitrogens with one attached hydrogen (secondary N) is 2. The number of halogens is 1. The minimum absolute atomic E-state index is 0.282. The second-order valence-electron chi connectivity index (χ2n) is 5.61. The van der Waals surface area contributed by atoms with E-state index in [4.69, 9.17) is 0 Å². The number of urea groups is 1. The van der Waals surface area contributed by atoms with Crippen molar-refractivity contribution in [3.63, 3.8) is 0 Å². The van der Waals surface area contributed by atoms with Crippen molar-refractivity contribution in [2.24, 2.45) is 5.92 Å². The van der Waals surface area contributed by atoms with Crippen LogP contribution in [0.2, 0.25) is 0 Å². The highest BCUT2D eigenvalue weighted by Crippen LogP contribution is 2.16. The topological polar surface area (TPSA) is 78.5 Å². The number of imide groups is 1. The molecule has 2 N–H and O–H groups in total. The molecule has 7 heteroatoms. The van der Waals surface area contributed by atoms with Gasteiger partial charge in [-0.25, -0.2) is 4.79 Å². The summed E-state index contributed by atoms with van der Waals surface area (Å²) in [6.45, 7) is 3.67. The number of benzene rings is 1. The van der Waals surface area contributed by atoms with Crippen molar-refractivity contribution in [2.75, 3.05) is 11.9 Å². The number of rotatable bonds is 5. The molecular formula is C15H18BrN3O3. The molecule has 0 bridgehead atoms. The molecule has 1 fully saturated rings. The SMILES string of the molecule is CC(C)CC1NC(=O)N(CC(=O)Nc2ccc(Br)cc2)C1=O. The van der Waals surface area contributed by atoms with Crippen molar-refractivity contribution in [1.29, 1.82) is 0 Å². The van der Waals surface area contributed by atoms with Gasteiger partial charge in [-0.05, 0) is 36.6 Å². The van der Waals surface area contributed by atoms with E-state index >= 15 is 0 Å². The van der Waals surface area contributed by atoms with Gasteiger partial charge in [0.2, 0.25) is 5.91 Å². The average molecular weight is 368 g/mol. The van der Waals surface area contributed by atoms with E-state index in [-0.39, 0.29) is 18.4 Å². The summed E-state index contributed by atoms with van der Waals surface area (Å²) < 4.78 is 0.899. The lowest BCUT2D eigenvalue weighted by Crippen LogP contribution is -2.38. The molecule has 2 rings (SSSR count). The van der Waals surface area contributed by atoms with E-state index < -0.39 is 18.0 Å². The summed E-state index contributed by atoms with van der Waals surface area (Å²) in [4.78, 5) is 36.9. The van der Waals surface area contributed by atoms with Crippen LogP contribution in [-0.4, -0.2) is 35.3 Å². The standard InChI is InChI=1S/C15H18BrN3O3/c1-9(2)7-12-14(21)19(15(22)18-12)8-13(20)17-11-5-3-10(16)4-6-11/h3-6,9,12H,7-8H2,1-2H3,(H,17,20)(H,18,22). The van der Waals surface area contributed by atoms with Gasteiger partial charge in [-0.1, -0.05) is 29.8 Å². The third kappa shape index (κ3) is 4.07. The second kappa shape index (κ2) is 6.91. The third-order valence-corrected chi connectivity index (χ3v) is 3.77. The first-order valence-electron chi connectivity index (χ1n) is 7.04. The molecule has 1 aromatic carbocycles. The van der Waals surface area contributed by atoms with Crippen LogP contribution in [-0.2, 0) is 9.59 Å². The van der Waals surface area contributed by atoms with Crippen molar-refractivity contribution >= 4 is 39.5 Å². The Labute approximate surface area is 137 Å². The number of anilines is 1. The molecule has 1 heterocycles. The second-order valence-corrected chi connectivity index (χ2v) is 6.53. The van der Waals surface area contributed by atoms with Gasteiger partial charge < -0.3 is 10.6 Å². The first kappa shape index (κ1) is 16.5. The van der Waals surface area contributed by atoms with E-state index in [2.05, 4.69) is 26.6 Å². The Hall–Kier alpha value is -1.89. The zero-order valence-electron chi connectivity index (χ0n) is 12.4. The Morgan fingerprint density at radius 2 is 1.95 bits per heavy atom. The van der Waals surface area contributed by atoms with Crippen LogP contribution < -0.4 is 10.6 Å². The first-order valence-corrected chi connectivity index (χ1v) is 7.83. The summed E-state index contributed by atoms with van der Waals surface area (Å²) in [5.74, 6) is -0.466. The van der Waals surface area contributed by atoms with Crippen molar-refractivity contribution in [2.45, 2.75) is 26.3 Å². The van der Waals surface area contributed by atoms with E-state index in [1.165, 1.54) is 0 Å². The number of hydrogen-bond donors (Lipinski definition) is 2. The van der Waals surface area contributed by atoms with Gasteiger partial charge in [0.15, 0.2) is 0 Å². The molecule has 1 aliphatic rings. The van der Waals surface area contributed by atoms with Crippen LogP contribution in [0, 0.1) is 5.92 Å². The number of carbonyl (C=O) groups excluding carboxylic acids is 3. The summed E-state index contributed by atoms with van der Waals surface area (Å²) in [6.07, 6.45) is 0.565. The van der Waals surface area contributed by atoms with Crippen LogP contribution in [0.25, 0.3) is 0 Å². The number of nitrogens with zero attached hydrogens (tertiary/aromatic N) is 1. The lowest BCUT2D eigenvalue weighted by Gasteiger charge is -2.13. The Bertz CT molecular complexity index is 586. The Balaban J connectivity index is 1.95. The van der Waals surface area contributed by atoms with Crippen molar-refractivity contribution in [3.05, 3.63) is 28.7 Å². The number of carbonyl (C=O) groups is 3. The van der Waals surface area contributed by atoms with Gasteiger partial charge in [0.05, 0.1) is 0 Å². The maximum Gasteiger partial charge on any atom is 0.325 e. The largest absolute Gasteiger partial charge is 0.326 e. The zero-order valence-corrected chi connectivity index (χ0v) is 14.0. The van der Waals surface area contributed by atoms with Crippen molar-refractivity contribution in [3.8, 4) is 0 Å². The molecule has 0 saturated carbocycles. The van der Waals surface area contributed by atoms with Crippen molar-refractivity contribution < 1.29 is 14.4 Å². The highest BCUT2D eigenvalue weighted by Gasteiger charge is 2.38. The lowest BCUT2D eigenvalue weighted by atomic mass is 10.0. The maximum absolute atomic E-state index is 12.1. The first-order chi connectivity index (χ1) is 10.4. The molecule has 0 radical (unpaired) electrons. The monoisotopic (exact) mass is 367 g/mol. The molecule has 1 unspecified atom stereocenters. The molecule has 1 atom stereocenters. The normalized spacial score (nSPS) is 17.8. The van der Waals surface area contributed by atoms with Gasteiger partial charge in [-0.15, -0.1) is 0 Å². The molecule has 1 aromatic rings. The van der Waals surface area contributed by atoms with Gasteiger partial charge in [-0.3, -0.25) is 14.5 Å². The molecule has 4 amide bonds. The third-order valence-electron chi connectivity index (χ3n) is 3.24. The summed E-state index contributed by atoms with van der Waals surface area (Å²) >= 11 is 3.31. The molecular weight excluding hydrogens is 350 g/mol. The summed E-state index contributed by atoms with van der Waals surface area (Å²) in [5.41, 5.74) is 0.610. The highest BCUT2D eigenvalue weighted by atomic mass is 79.9. The quantitative estimate of drug-likeness (QED) is 0.784. The summed E-state index contributed by atoms with van der Waals surface area (Å²) in [5, 5.41) is 5.27. The summed E-state index contributed by atoms with van der Waals surface area (Å²) in [7, 11) is 0. The van der Waals surface area contributed by atoms with E-state index in [0.717, 1.165) is 9.37 Å². The van der Waals surface area contributed by atoms with Gasteiger partial charge in [-0.2, -0.15) is 0 Å². The van der Waals surface area contributed by atoms with Crippen LogP contribution in [0.4, 0.5) is 10.5 Å². The smallest absolute Gasteiger partial charge is 0.325 e. The van der Waals surface area contributed by atoms with E-state index in [1.54, 1.807) is 24.3 Å². The highest BCUT2D eigenvalue weighted by molar-refractivity contribution is 9.10. The molecule has 0 aromatic heterocycles. The van der Waals surface area contributed by atoms with Crippen LogP contribution in [0.5, 0.6) is 0 Å². The molecule has 0 aliphatic carbocycles. The molecule has 22 heavy (non-hydrogen) atoms. The molecule has 118 valence electrons. The zero-order chi connectivity index (χ0) is 16.3. The van der Waals surface area contributed by atoms with Gasteiger partial charge >= 0.3 is 6.03 Å². The van der Waals surface area contributed by atoms with Crippen LogP contribution >= 0.6 is 15.9 Å². The van der Waals surface area contributed by atoms with Crippen LogP contribution in [0.3, 0.4) is 0 Å². The minimum atomic E-state index is -0.534. The van der Waals surface area contributed by atoms with E-state index in [1.807, 2.05) is 13.8 Å². The van der Waals surface area contributed by atoms with E-state index in [0.29, 0.717) is 12.1 Å². The van der Waals surface area contributed by atoms with Gasteiger partial charge in [0.1, 0.15) is 12.6 Å². The van der Waals surface area contributed by atoms with E-state index in [9.17, 15) is 14.4 Å². The predicted molar refractivity (Wildman–Crippen MR) is 86.3 cm³/mol. The van der Waals surface area contributed by atoms with Crippen LogP contribution in [0.15, 0.2) is 28.7 Å². The van der Waals surface area contributed by atoms with Crippen LogP contribution in [0.1, 0.15) is 20.3 Å². The van der Waals surface area contributed by atoms with Crippen molar-refractivity contribution in [1.82, 2.24) is 10.2 Å². The molecule has 6 nitrogen and oxygen atoms in total. The average Bonchev–Trinajstić information content (AvgIpc) is 2.68. The molecule has 1 saturated heterocycles. The Morgan fingerprint density at radius 3 is 2.55 bits per heavy atom. The minimum Gasteiger partial charge on any atom is -0.326 e. The fourth-order valence-corrected chi connectivity index (χ4v) is 2.50. The van der Waals surface area contributed by atoms with Gasteiger partial charge in [0, 0.05) is 10.2 Å². The number of amides is 4.